The summed E-state index contributed by atoms with van der Waals surface area (Å²) in [7, 11) is 0. The molecule has 0 aliphatic carbocycles. The maximum Gasteiger partial charge on any atom is 0.0478 e. The predicted molar refractivity (Wildman–Crippen MR) is 89.3 cm³/mol. The predicted octanol–water partition coefficient (Wildman–Crippen LogP) is 6.11. The van der Waals surface area contributed by atoms with Gasteiger partial charge in [0.15, 0.2) is 0 Å². The van der Waals surface area contributed by atoms with Gasteiger partial charge in [-0.15, -0.1) is 13.2 Å². The molecule has 0 radical (unpaired) electrons. The smallest absolute Gasteiger partial charge is 0.0478 e. The molecular formula is C18H19Cl. The summed E-state index contributed by atoms with van der Waals surface area (Å²) in [6.45, 7) is 13.2. The second kappa shape index (κ2) is 11.1. The van der Waals surface area contributed by atoms with Gasteiger partial charge in [-0.2, -0.15) is 0 Å². The molecule has 1 heteroatoms. The van der Waals surface area contributed by atoms with Crippen molar-refractivity contribution in [1.82, 2.24) is 0 Å². The molecule has 0 saturated heterocycles. The highest BCUT2D eigenvalue weighted by Gasteiger charge is 1.89. The van der Waals surface area contributed by atoms with Crippen LogP contribution in [0.2, 0.25) is 5.02 Å². The minimum atomic E-state index is 0.757. The van der Waals surface area contributed by atoms with Gasteiger partial charge in [0.1, 0.15) is 0 Å². The molecule has 0 saturated carbocycles. The van der Waals surface area contributed by atoms with Crippen molar-refractivity contribution in [2.45, 2.75) is 0 Å². The van der Waals surface area contributed by atoms with Gasteiger partial charge >= 0.3 is 0 Å². The standard InChI is InChI=1S/C8H7Cl.C8H8.C2H4/c1-2-7-5-3-4-6-8(7)9;1-2-8-6-4-3-5-7-8;1-2/h2-6H,1H2;2-7H,1H2;1-2H2. The van der Waals surface area contributed by atoms with Crippen LogP contribution in [0.25, 0.3) is 12.2 Å². The summed E-state index contributed by atoms with van der Waals surface area (Å²) in [6, 6.07) is 17.6. The summed E-state index contributed by atoms with van der Waals surface area (Å²) < 4.78 is 0. The average molecular weight is 271 g/mol. The van der Waals surface area contributed by atoms with Gasteiger partial charge in [-0.3, -0.25) is 0 Å². The van der Waals surface area contributed by atoms with E-state index in [0.29, 0.717) is 0 Å². The molecule has 19 heavy (non-hydrogen) atoms. The van der Waals surface area contributed by atoms with Crippen LogP contribution in [-0.2, 0) is 0 Å². The highest BCUT2D eigenvalue weighted by Crippen LogP contribution is 2.14. The zero-order chi connectivity index (χ0) is 14.5. The first-order valence-corrected chi connectivity index (χ1v) is 6.20. The number of halogens is 1. The van der Waals surface area contributed by atoms with Crippen LogP contribution in [0.1, 0.15) is 11.1 Å². The third-order valence-electron chi connectivity index (χ3n) is 2.16. The third-order valence-corrected chi connectivity index (χ3v) is 2.50. The topological polar surface area (TPSA) is 0 Å². The van der Waals surface area contributed by atoms with Crippen LogP contribution in [-0.4, -0.2) is 0 Å². The molecule has 0 aliphatic rings. The van der Waals surface area contributed by atoms with Crippen molar-refractivity contribution in [3.05, 3.63) is 97.1 Å². The number of rotatable bonds is 2. The largest absolute Gasteiger partial charge is 0.106 e. The molecule has 0 bridgehead atoms. The monoisotopic (exact) mass is 270 g/mol. The molecule has 0 atom stereocenters. The van der Waals surface area contributed by atoms with Crippen molar-refractivity contribution in [1.29, 1.82) is 0 Å². The molecule has 2 rings (SSSR count). The molecule has 0 nitrogen and oxygen atoms in total. The molecule has 0 heterocycles. The molecule has 0 spiro atoms. The highest BCUT2D eigenvalue weighted by atomic mass is 35.5. The van der Waals surface area contributed by atoms with E-state index in [1.54, 1.807) is 6.08 Å². The number of hydrogen-bond donors (Lipinski definition) is 0. The fraction of sp³-hybridized carbons (Fsp3) is 0. The second-order valence-corrected chi connectivity index (χ2v) is 3.75. The fourth-order valence-electron chi connectivity index (χ4n) is 1.23. The Morgan fingerprint density at radius 2 is 1.26 bits per heavy atom. The molecular weight excluding hydrogens is 252 g/mol. The van der Waals surface area contributed by atoms with E-state index in [1.807, 2.05) is 60.7 Å². The Balaban J connectivity index is 0.000000303. The maximum atomic E-state index is 5.75. The van der Waals surface area contributed by atoms with Gasteiger partial charge in [0.25, 0.3) is 0 Å². The molecule has 0 aliphatic heterocycles. The van der Waals surface area contributed by atoms with Crippen LogP contribution in [0.15, 0.2) is 80.9 Å². The van der Waals surface area contributed by atoms with E-state index in [9.17, 15) is 0 Å². The zero-order valence-corrected chi connectivity index (χ0v) is 11.8. The lowest BCUT2D eigenvalue weighted by atomic mass is 10.2. The van der Waals surface area contributed by atoms with E-state index in [2.05, 4.69) is 26.3 Å². The van der Waals surface area contributed by atoms with Crippen molar-refractivity contribution >= 4 is 23.8 Å². The van der Waals surface area contributed by atoms with Crippen molar-refractivity contribution in [2.24, 2.45) is 0 Å². The Labute approximate surface area is 121 Å². The van der Waals surface area contributed by atoms with E-state index in [1.165, 1.54) is 5.56 Å². The quantitative estimate of drug-likeness (QED) is 0.577. The maximum absolute atomic E-state index is 5.75. The Hall–Kier alpha value is -2.05. The molecule has 0 amide bonds. The molecule has 0 fully saturated rings. The third kappa shape index (κ3) is 7.07. The van der Waals surface area contributed by atoms with Crippen LogP contribution in [0.3, 0.4) is 0 Å². The van der Waals surface area contributed by atoms with Crippen LogP contribution in [0.4, 0.5) is 0 Å². The summed E-state index contributed by atoms with van der Waals surface area (Å²) in [6.07, 6.45) is 3.57. The van der Waals surface area contributed by atoms with Crippen molar-refractivity contribution in [2.75, 3.05) is 0 Å². The molecule has 0 aromatic heterocycles. The molecule has 2 aromatic rings. The summed E-state index contributed by atoms with van der Waals surface area (Å²) >= 11 is 5.75. The van der Waals surface area contributed by atoms with E-state index < -0.39 is 0 Å². The number of benzene rings is 2. The van der Waals surface area contributed by atoms with Gasteiger partial charge < -0.3 is 0 Å². The SMILES string of the molecule is C=C.C=Cc1ccccc1.C=Cc1ccccc1Cl. The van der Waals surface area contributed by atoms with Crippen LogP contribution >= 0.6 is 11.6 Å². The Morgan fingerprint density at radius 3 is 1.63 bits per heavy atom. The summed E-state index contributed by atoms with van der Waals surface area (Å²) in [4.78, 5) is 0. The lowest BCUT2D eigenvalue weighted by Gasteiger charge is -1.92. The highest BCUT2D eigenvalue weighted by molar-refractivity contribution is 6.32. The second-order valence-electron chi connectivity index (χ2n) is 3.34. The Bertz CT molecular complexity index is 486. The summed E-state index contributed by atoms with van der Waals surface area (Å²) in [5, 5.41) is 0.757. The van der Waals surface area contributed by atoms with Gasteiger partial charge in [0.05, 0.1) is 0 Å². The van der Waals surface area contributed by atoms with E-state index in [4.69, 9.17) is 11.6 Å². The Kier molecular flexibility index (Phi) is 9.87. The van der Waals surface area contributed by atoms with Crippen molar-refractivity contribution in [3.63, 3.8) is 0 Å². The van der Waals surface area contributed by atoms with E-state index >= 15 is 0 Å². The van der Waals surface area contributed by atoms with Crippen LogP contribution in [0.5, 0.6) is 0 Å². The minimum Gasteiger partial charge on any atom is -0.106 e. The van der Waals surface area contributed by atoms with E-state index in [-0.39, 0.29) is 0 Å². The zero-order valence-electron chi connectivity index (χ0n) is 11.1. The molecule has 0 unspecified atom stereocenters. The first-order chi connectivity index (χ1) is 9.27. The minimum absolute atomic E-state index is 0.757. The van der Waals surface area contributed by atoms with Gasteiger partial charge in [-0.1, -0.05) is 85.4 Å². The van der Waals surface area contributed by atoms with Gasteiger partial charge in [-0.25, -0.2) is 0 Å². The van der Waals surface area contributed by atoms with Gasteiger partial charge in [0.2, 0.25) is 0 Å². The van der Waals surface area contributed by atoms with Crippen molar-refractivity contribution < 1.29 is 0 Å². The van der Waals surface area contributed by atoms with Crippen LogP contribution < -0.4 is 0 Å². The molecule has 2 aromatic carbocycles. The van der Waals surface area contributed by atoms with Crippen LogP contribution in [0, 0.1) is 0 Å². The summed E-state index contributed by atoms with van der Waals surface area (Å²) in [5.41, 5.74) is 2.16. The Morgan fingerprint density at radius 1 is 0.737 bits per heavy atom. The first-order valence-electron chi connectivity index (χ1n) is 5.82. The number of hydrogen-bond acceptors (Lipinski definition) is 0. The van der Waals surface area contributed by atoms with Gasteiger partial charge in [0, 0.05) is 5.02 Å². The normalized spacial score (nSPS) is 8.05. The molecule has 98 valence electrons. The summed E-state index contributed by atoms with van der Waals surface area (Å²) in [5.74, 6) is 0. The fourth-order valence-corrected chi connectivity index (χ4v) is 1.44. The lowest BCUT2D eigenvalue weighted by molar-refractivity contribution is 1.66. The van der Waals surface area contributed by atoms with E-state index in [0.717, 1.165) is 10.6 Å². The lowest BCUT2D eigenvalue weighted by Crippen LogP contribution is -1.69. The first kappa shape index (κ1) is 17.0. The van der Waals surface area contributed by atoms with Crippen molar-refractivity contribution in [3.8, 4) is 0 Å². The average Bonchev–Trinajstić information content (AvgIpc) is 2.51. The van der Waals surface area contributed by atoms with Gasteiger partial charge in [-0.05, 0) is 17.2 Å². The molecule has 0 N–H and O–H groups in total.